The Bertz CT molecular complexity index is 280. The quantitative estimate of drug-likeness (QED) is 0.806. The molecule has 0 radical (unpaired) electrons. The highest BCUT2D eigenvalue weighted by molar-refractivity contribution is 6.30. The van der Waals surface area contributed by atoms with Crippen molar-refractivity contribution in [1.82, 2.24) is 0 Å². The van der Waals surface area contributed by atoms with Crippen molar-refractivity contribution in [3.05, 3.63) is 29.3 Å². The van der Waals surface area contributed by atoms with Gasteiger partial charge in [0.15, 0.2) is 0 Å². The Kier molecular flexibility index (Phi) is 3.78. The summed E-state index contributed by atoms with van der Waals surface area (Å²) in [7, 11) is 0. The molecule has 0 heterocycles. The highest BCUT2D eigenvalue weighted by atomic mass is 35.5. The van der Waals surface area contributed by atoms with Crippen LogP contribution in [0.1, 0.15) is 13.8 Å². The maximum absolute atomic E-state index is 5.78. The molecule has 14 heavy (non-hydrogen) atoms. The molecular weight excluding hydrogens is 196 g/mol. The molecule has 0 aliphatic heterocycles. The van der Waals surface area contributed by atoms with Crippen LogP contribution in [0.25, 0.3) is 0 Å². The monoisotopic (exact) mass is 212 g/mol. The molecule has 0 spiro atoms. The van der Waals surface area contributed by atoms with Crippen LogP contribution in [0.15, 0.2) is 24.3 Å². The summed E-state index contributed by atoms with van der Waals surface area (Å²) in [6, 6.07) is 7.68. The topological polar surface area (TPSA) is 38.0 Å². The smallest absolute Gasteiger partial charge is 0.0407 e. The van der Waals surface area contributed by atoms with Crippen molar-refractivity contribution < 1.29 is 0 Å². The van der Waals surface area contributed by atoms with Gasteiger partial charge in [-0.25, -0.2) is 0 Å². The van der Waals surface area contributed by atoms with Gasteiger partial charge in [-0.1, -0.05) is 25.4 Å². The molecule has 1 aromatic rings. The lowest BCUT2D eigenvalue weighted by Crippen LogP contribution is -2.31. The molecule has 0 aromatic heterocycles. The lowest BCUT2D eigenvalue weighted by molar-refractivity contribution is 0.405. The van der Waals surface area contributed by atoms with Gasteiger partial charge in [-0.2, -0.15) is 0 Å². The van der Waals surface area contributed by atoms with Gasteiger partial charge in [-0.3, -0.25) is 0 Å². The van der Waals surface area contributed by atoms with Gasteiger partial charge in [0.25, 0.3) is 0 Å². The summed E-state index contributed by atoms with van der Waals surface area (Å²) >= 11 is 5.78. The van der Waals surface area contributed by atoms with E-state index in [0.29, 0.717) is 6.54 Å². The molecule has 0 fully saturated rings. The van der Waals surface area contributed by atoms with Crippen molar-refractivity contribution in [1.29, 1.82) is 0 Å². The van der Waals surface area contributed by atoms with Crippen LogP contribution in [0.4, 0.5) is 5.69 Å². The van der Waals surface area contributed by atoms with E-state index in [-0.39, 0.29) is 5.41 Å². The van der Waals surface area contributed by atoms with E-state index in [4.69, 9.17) is 17.3 Å². The highest BCUT2D eigenvalue weighted by Crippen LogP contribution is 2.17. The molecule has 0 amide bonds. The maximum Gasteiger partial charge on any atom is 0.0407 e. The number of nitrogens with two attached hydrogens (primary N) is 1. The molecule has 1 aromatic carbocycles. The van der Waals surface area contributed by atoms with Crippen molar-refractivity contribution in [2.75, 3.05) is 18.4 Å². The van der Waals surface area contributed by atoms with Crippen LogP contribution in [0.2, 0.25) is 5.02 Å². The molecule has 2 nitrogen and oxygen atoms in total. The van der Waals surface area contributed by atoms with Crippen molar-refractivity contribution in [3.63, 3.8) is 0 Å². The van der Waals surface area contributed by atoms with Gasteiger partial charge in [-0.05, 0) is 36.2 Å². The van der Waals surface area contributed by atoms with Crippen LogP contribution < -0.4 is 11.1 Å². The van der Waals surface area contributed by atoms with E-state index in [1.807, 2.05) is 24.3 Å². The number of halogens is 1. The van der Waals surface area contributed by atoms with E-state index < -0.39 is 0 Å². The SMILES string of the molecule is CC(C)(CN)CNc1ccc(Cl)cc1. The van der Waals surface area contributed by atoms with Crippen LogP contribution in [0.5, 0.6) is 0 Å². The highest BCUT2D eigenvalue weighted by Gasteiger charge is 2.14. The molecule has 3 N–H and O–H groups in total. The minimum Gasteiger partial charge on any atom is -0.384 e. The van der Waals surface area contributed by atoms with E-state index in [2.05, 4.69) is 19.2 Å². The van der Waals surface area contributed by atoms with E-state index in [1.54, 1.807) is 0 Å². The fourth-order valence-corrected chi connectivity index (χ4v) is 1.11. The summed E-state index contributed by atoms with van der Waals surface area (Å²) in [5.41, 5.74) is 6.84. The third-order valence-electron chi connectivity index (χ3n) is 2.17. The minimum atomic E-state index is 0.125. The predicted molar refractivity (Wildman–Crippen MR) is 62.8 cm³/mol. The predicted octanol–water partition coefficient (Wildman–Crippen LogP) is 2.74. The Hall–Kier alpha value is -0.730. The average molecular weight is 213 g/mol. The van der Waals surface area contributed by atoms with Gasteiger partial charge in [0, 0.05) is 17.3 Å². The standard InChI is InChI=1S/C11H17ClN2/c1-11(2,7-13)8-14-10-5-3-9(12)4-6-10/h3-6,14H,7-8,13H2,1-2H3. The Morgan fingerprint density at radius 2 is 1.86 bits per heavy atom. The Labute approximate surface area is 90.4 Å². The molecule has 0 saturated carbocycles. The average Bonchev–Trinajstić information content (AvgIpc) is 2.17. The number of anilines is 1. The van der Waals surface area contributed by atoms with Gasteiger partial charge < -0.3 is 11.1 Å². The number of hydrogen-bond acceptors (Lipinski definition) is 2. The lowest BCUT2D eigenvalue weighted by Gasteiger charge is -2.23. The number of benzene rings is 1. The molecule has 0 saturated heterocycles. The zero-order chi connectivity index (χ0) is 10.6. The number of rotatable bonds is 4. The zero-order valence-electron chi connectivity index (χ0n) is 8.68. The summed E-state index contributed by atoms with van der Waals surface area (Å²) in [6.45, 7) is 5.81. The third kappa shape index (κ3) is 3.56. The van der Waals surface area contributed by atoms with Gasteiger partial charge in [-0.15, -0.1) is 0 Å². The zero-order valence-corrected chi connectivity index (χ0v) is 9.43. The van der Waals surface area contributed by atoms with Gasteiger partial charge in [0.2, 0.25) is 0 Å². The van der Waals surface area contributed by atoms with Crippen molar-refractivity contribution >= 4 is 17.3 Å². The van der Waals surface area contributed by atoms with E-state index >= 15 is 0 Å². The fourth-order valence-electron chi connectivity index (χ4n) is 0.981. The third-order valence-corrected chi connectivity index (χ3v) is 2.42. The van der Waals surface area contributed by atoms with Crippen LogP contribution in [0, 0.1) is 5.41 Å². The maximum atomic E-state index is 5.78. The Morgan fingerprint density at radius 1 is 1.29 bits per heavy atom. The summed E-state index contributed by atoms with van der Waals surface area (Å²) in [5, 5.41) is 4.08. The normalized spacial score (nSPS) is 11.4. The van der Waals surface area contributed by atoms with E-state index in [1.165, 1.54) is 0 Å². The van der Waals surface area contributed by atoms with Crippen LogP contribution in [-0.4, -0.2) is 13.1 Å². The van der Waals surface area contributed by atoms with E-state index in [9.17, 15) is 0 Å². The summed E-state index contributed by atoms with van der Waals surface area (Å²) < 4.78 is 0. The van der Waals surface area contributed by atoms with Gasteiger partial charge >= 0.3 is 0 Å². The van der Waals surface area contributed by atoms with E-state index in [0.717, 1.165) is 17.3 Å². The fraction of sp³-hybridized carbons (Fsp3) is 0.455. The second-order valence-electron chi connectivity index (χ2n) is 4.23. The first-order chi connectivity index (χ1) is 6.53. The first-order valence-electron chi connectivity index (χ1n) is 4.73. The molecular formula is C11H17ClN2. The van der Waals surface area contributed by atoms with Crippen LogP contribution in [0.3, 0.4) is 0 Å². The van der Waals surface area contributed by atoms with Crippen LogP contribution in [-0.2, 0) is 0 Å². The molecule has 1 rings (SSSR count). The molecule has 3 heteroatoms. The molecule has 0 aliphatic carbocycles. The first kappa shape index (κ1) is 11.3. The molecule has 0 unspecified atom stereocenters. The second kappa shape index (κ2) is 4.67. The molecule has 0 bridgehead atoms. The van der Waals surface area contributed by atoms with Crippen molar-refractivity contribution in [2.24, 2.45) is 11.1 Å². The largest absolute Gasteiger partial charge is 0.384 e. The molecule has 0 aliphatic rings. The lowest BCUT2D eigenvalue weighted by atomic mass is 9.94. The van der Waals surface area contributed by atoms with Crippen LogP contribution >= 0.6 is 11.6 Å². The molecule has 78 valence electrons. The number of hydrogen-bond donors (Lipinski definition) is 2. The number of nitrogens with one attached hydrogen (secondary N) is 1. The Balaban J connectivity index is 2.50. The van der Waals surface area contributed by atoms with Crippen molar-refractivity contribution in [3.8, 4) is 0 Å². The van der Waals surface area contributed by atoms with Crippen molar-refractivity contribution in [2.45, 2.75) is 13.8 Å². The summed E-state index contributed by atoms with van der Waals surface area (Å²) in [6.07, 6.45) is 0. The first-order valence-corrected chi connectivity index (χ1v) is 5.11. The minimum absolute atomic E-state index is 0.125. The van der Waals surface area contributed by atoms with Gasteiger partial charge in [0.05, 0.1) is 0 Å². The second-order valence-corrected chi connectivity index (χ2v) is 4.67. The summed E-state index contributed by atoms with van der Waals surface area (Å²) in [4.78, 5) is 0. The van der Waals surface area contributed by atoms with Gasteiger partial charge in [0.1, 0.15) is 0 Å². The Morgan fingerprint density at radius 3 is 2.36 bits per heavy atom. The molecule has 0 atom stereocenters. The summed E-state index contributed by atoms with van der Waals surface area (Å²) in [5.74, 6) is 0.